The molecule has 0 N–H and O–H groups in total. The van der Waals surface area contributed by atoms with Gasteiger partial charge in [-0.15, -0.1) is 11.3 Å². The van der Waals surface area contributed by atoms with E-state index in [1.807, 2.05) is 25.1 Å². The van der Waals surface area contributed by atoms with Gasteiger partial charge < -0.3 is 14.5 Å². The second-order valence-corrected chi connectivity index (χ2v) is 8.32. The summed E-state index contributed by atoms with van der Waals surface area (Å²) in [7, 11) is 0. The van der Waals surface area contributed by atoms with Crippen molar-refractivity contribution >= 4 is 44.9 Å². The molecule has 4 aromatic rings. The van der Waals surface area contributed by atoms with Crippen molar-refractivity contribution in [1.82, 2.24) is 19.9 Å². The Morgan fingerprint density at radius 2 is 1.71 bits per heavy atom. The summed E-state index contributed by atoms with van der Waals surface area (Å²) in [5.74, 6) is 2.51. The molecule has 0 unspecified atom stereocenters. The van der Waals surface area contributed by atoms with Gasteiger partial charge in [-0.2, -0.15) is 4.98 Å². The maximum Gasteiger partial charge on any atom is 0.225 e. The van der Waals surface area contributed by atoms with E-state index in [0.29, 0.717) is 6.61 Å². The molecule has 0 bridgehead atoms. The third-order valence-electron chi connectivity index (χ3n) is 5.28. The van der Waals surface area contributed by atoms with Crippen molar-refractivity contribution in [3.8, 4) is 16.9 Å². The van der Waals surface area contributed by atoms with E-state index >= 15 is 0 Å². The van der Waals surface area contributed by atoms with Crippen LogP contribution in [0.2, 0.25) is 5.28 Å². The topological polar surface area (TPSA) is 67.3 Å². The minimum atomic E-state index is 0.274. The lowest BCUT2D eigenvalue weighted by Crippen LogP contribution is -2.47. The SMILES string of the molecule is CCOc1ccc(-c2csc3nc(Cl)nc(N4CCN(c5ncccn5)CC4)c23)cc1. The number of hydrogen-bond donors (Lipinski definition) is 0. The van der Waals surface area contributed by atoms with Gasteiger partial charge in [-0.3, -0.25) is 0 Å². The van der Waals surface area contributed by atoms with E-state index in [4.69, 9.17) is 16.3 Å². The minimum Gasteiger partial charge on any atom is -0.494 e. The van der Waals surface area contributed by atoms with Crippen molar-refractivity contribution in [3.05, 3.63) is 53.4 Å². The number of halogens is 1. The Balaban J connectivity index is 1.47. The minimum absolute atomic E-state index is 0.274. The molecule has 7 nitrogen and oxygen atoms in total. The summed E-state index contributed by atoms with van der Waals surface area (Å²) < 4.78 is 5.58. The Hall–Kier alpha value is -2.97. The van der Waals surface area contributed by atoms with Gasteiger partial charge in [-0.25, -0.2) is 15.0 Å². The first-order chi connectivity index (χ1) is 15.2. The van der Waals surface area contributed by atoms with E-state index in [9.17, 15) is 0 Å². The van der Waals surface area contributed by atoms with Crippen molar-refractivity contribution in [2.45, 2.75) is 6.92 Å². The maximum atomic E-state index is 6.29. The number of rotatable bonds is 5. The van der Waals surface area contributed by atoms with Gasteiger partial charge in [-0.1, -0.05) is 12.1 Å². The highest BCUT2D eigenvalue weighted by atomic mass is 35.5. The van der Waals surface area contributed by atoms with Crippen LogP contribution in [0.5, 0.6) is 5.75 Å². The summed E-state index contributed by atoms with van der Waals surface area (Å²) in [5, 5.41) is 3.45. The molecule has 1 aliphatic heterocycles. The van der Waals surface area contributed by atoms with Gasteiger partial charge in [0.25, 0.3) is 0 Å². The summed E-state index contributed by atoms with van der Waals surface area (Å²) in [6.45, 7) is 5.87. The van der Waals surface area contributed by atoms with Gasteiger partial charge in [0.2, 0.25) is 11.2 Å². The van der Waals surface area contributed by atoms with Gasteiger partial charge in [0.15, 0.2) is 0 Å². The molecule has 31 heavy (non-hydrogen) atoms. The van der Waals surface area contributed by atoms with Gasteiger partial charge in [0.1, 0.15) is 16.4 Å². The third-order valence-corrected chi connectivity index (χ3v) is 6.32. The fraction of sp³-hybridized carbons (Fsp3) is 0.273. The number of anilines is 2. The van der Waals surface area contributed by atoms with Crippen molar-refractivity contribution in [2.75, 3.05) is 42.6 Å². The molecule has 0 aliphatic carbocycles. The maximum absolute atomic E-state index is 6.29. The molecule has 3 aromatic heterocycles. The molecule has 158 valence electrons. The van der Waals surface area contributed by atoms with E-state index in [1.165, 1.54) is 0 Å². The normalized spacial score (nSPS) is 14.3. The van der Waals surface area contributed by atoms with Crippen LogP contribution >= 0.6 is 22.9 Å². The summed E-state index contributed by atoms with van der Waals surface area (Å²) >= 11 is 7.88. The number of nitrogens with zero attached hydrogens (tertiary/aromatic N) is 6. The number of fused-ring (bicyclic) bond motifs is 1. The first-order valence-electron chi connectivity index (χ1n) is 10.2. The molecular weight excluding hydrogens is 432 g/mol. The van der Waals surface area contributed by atoms with Crippen molar-refractivity contribution < 1.29 is 4.74 Å². The van der Waals surface area contributed by atoms with Crippen LogP contribution in [0.25, 0.3) is 21.3 Å². The van der Waals surface area contributed by atoms with Crippen LogP contribution in [0, 0.1) is 0 Å². The molecule has 1 aromatic carbocycles. The predicted molar refractivity (Wildman–Crippen MR) is 125 cm³/mol. The van der Waals surface area contributed by atoms with Crippen LogP contribution in [0.3, 0.4) is 0 Å². The molecule has 1 fully saturated rings. The molecule has 5 rings (SSSR count). The van der Waals surface area contributed by atoms with Crippen LogP contribution in [0.1, 0.15) is 6.92 Å². The predicted octanol–water partition coefficient (Wildman–Crippen LogP) is 4.53. The highest BCUT2D eigenvalue weighted by Gasteiger charge is 2.24. The fourth-order valence-electron chi connectivity index (χ4n) is 3.81. The number of piperazine rings is 1. The van der Waals surface area contributed by atoms with Gasteiger partial charge in [0, 0.05) is 49.5 Å². The first kappa shape index (κ1) is 20.0. The van der Waals surface area contributed by atoms with Crippen LogP contribution in [-0.2, 0) is 0 Å². The molecule has 0 spiro atoms. The lowest BCUT2D eigenvalue weighted by molar-refractivity contribution is 0.340. The molecule has 4 heterocycles. The zero-order chi connectivity index (χ0) is 21.2. The number of thiophene rings is 1. The smallest absolute Gasteiger partial charge is 0.225 e. The van der Waals surface area contributed by atoms with Crippen molar-refractivity contribution in [1.29, 1.82) is 0 Å². The van der Waals surface area contributed by atoms with Crippen LogP contribution in [0.15, 0.2) is 48.1 Å². The van der Waals surface area contributed by atoms with Crippen molar-refractivity contribution in [3.63, 3.8) is 0 Å². The largest absolute Gasteiger partial charge is 0.494 e. The number of aromatic nitrogens is 4. The van der Waals surface area contributed by atoms with E-state index in [2.05, 4.69) is 47.2 Å². The number of benzene rings is 1. The molecule has 1 saturated heterocycles. The Bertz CT molecular complexity index is 1180. The lowest BCUT2D eigenvalue weighted by Gasteiger charge is -2.35. The number of hydrogen-bond acceptors (Lipinski definition) is 8. The molecule has 0 saturated carbocycles. The van der Waals surface area contributed by atoms with Crippen LogP contribution in [0.4, 0.5) is 11.8 Å². The van der Waals surface area contributed by atoms with Crippen molar-refractivity contribution in [2.24, 2.45) is 0 Å². The standard InChI is InChI=1S/C22H21ClN6OS/c1-2-30-16-6-4-15(5-7-16)17-14-31-20-18(17)19(26-21(23)27-20)28-10-12-29(13-11-28)22-24-8-3-9-25-22/h3-9,14H,2,10-13H2,1H3. The Labute approximate surface area is 189 Å². The summed E-state index contributed by atoms with van der Waals surface area (Å²) in [4.78, 5) is 23.2. The van der Waals surface area contributed by atoms with E-state index < -0.39 is 0 Å². The third kappa shape index (κ3) is 4.00. The number of ether oxygens (including phenoxy) is 1. The van der Waals surface area contributed by atoms with Crippen LogP contribution in [-0.4, -0.2) is 52.7 Å². The molecule has 0 amide bonds. The summed E-state index contributed by atoms with van der Waals surface area (Å²) in [5.41, 5.74) is 2.22. The van der Waals surface area contributed by atoms with Crippen LogP contribution < -0.4 is 14.5 Å². The molecule has 9 heteroatoms. The fourth-order valence-corrected chi connectivity index (χ4v) is 4.97. The zero-order valence-electron chi connectivity index (χ0n) is 17.0. The quantitative estimate of drug-likeness (QED) is 0.412. The second-order valence-electron chi connectivity index (χ2n) is 7.13. The first-order valence-corrected chi connectivity index (χ1v) is 11.4. The Morgan fingerprint density at radius 3 is 2.42 bits per heavy atom. The highest BCUT2D eigenvalue weighted by molar-refractivity contribution is 7.17. The van der Waals surface area contributed by atoms with E-state index in [0.717, 1.165) is 65.0 Å². The summed E-state index contributed by atoms with van der Waals surface area (Å²) in [6, 6.07) is 9.98. The highest BCUT2D eigenvalue weighted by Crippen LogP contribution is 2.39. The monoisotopic (exact) mass is 452 g/mol. The van der Waals surface area contributed by atoms with E-state index in [1.54, 1.807) is 23.7 Å². The second kappa shape index (κ2) is 8.64. The lowest BCUT2D eigenvalue weighted by atomic mass is 10.1. The zero-order valence-corrected chi connectivity index (χ0v) is 18.6. The summed E-state index contributed by atoms with van der Waals surface area (Å²) in [6.07, 6.45) is 3.55. The Morgan fingerprint density at radius 1 is 1.00 bits per heavy atom. The molecule has 1 aliphatic rings. The van der Waals surface area contributed by atoms with E-state index in [-0.39, 0.29) is 5.28 Å². The van der Waals surface area contributed by atoms with Gasteiger partial charge in [-0.05, 0) is 42.3 Å². The average Bonchev–Trinajstić information content (AvgIpc) is 3.24. The molecular formula is C22H21ClN6OS. The average molecular weight is 453 g/mol. The van der Waals surface area contributed by atoms with Gasteiger partial charge >= 0.3 is 0 Å². The van der Waals surface area contributed by atoms with Gasteiger partial charge in [0.05, 0.1) is 12.0 Å². The molecule has 0 radical (unpaired) electrons. The molecule has 0 atom stereocenters. The Kier molecular flexibility index (Phi) is 5.57.